The van der Waals surface area contributed by atoms with Gasteiger partial charge in [-0.05, 0) is 47.2 Å². The fourth-order valence-electron chi connectivity index (χ4n) is 1.48. The minimum absolute atomic E-state index is 0. The molecule has 0 fully saturated rings. The summed E-state index contributed by atoms with van der Waals surface area (Å²) < 4.78 is 27.1. The molecule has 0 heterocycles. The molecule has 1 atom stereocenters. The monoisotopic (exact) mass is 250 g/mol. The zero-order chi connectivity index (χ0) is 11.6. The van der Waals surface area contributed by atoms with Gasteiger partial charge in [-0.15, -0.1) is 0 Å². The molecule has 0 aliphatic heterocycles. The summed E-state index contributed by atoms with van der Waals surface area (Å²) in [4.78, 5) is 0.347. The van der Waals surface area contributed by atoms with Crippen LogP contribution in [0, 0.1) is 6.92 Å². The molecular weight excluding hydrogens is 235 g/mol. The first-order chi connectivity index (χ1) is 6.97. The van der Waals surface area contributed by atoms with Gasteiger partial charge in [0.05, 0.1) is 7.11 Å². The zero-order valence-corrected chi connectivity index (χ0v) is 13.2. The molecule has 0 N–H and O–H groups in total. The summed E-state index contributed by atoms with van der Waals surface area (Å²) in [5.41, 5.74) is 1.63. The minimum Gasteiger partial charge on any atom is -0.768 e. The number of benzene rings is 1. The predicted octanol–water partition coefficient (Wildman–Crippen LogP) is -0.631. The van der Waals surface area contributed by atoms with E-state index in [1.165, 1.54) is 0 Å². The van der Waals surface area contributed by atoms with Crippen molar-refractivity contribution in [1.29, 1.82) is 0 Å². The number of methoxy groups -OCH3 is 1. The predicted molar refractivity (Wildman–Crippen MR) is 59.0 cm³/mol. The Balaban J connectivity index is 0.00000225. The molecule has 0 bridgehead atoms. The second-order valence-electron chi connectivity index (χ2n) is 3.75. The van der Waals surface area contributed by atoms with Crippen molar-refractivity contribution in [3.63, 3.8) is 0 Å². The van der Waals surface area contributed by atoms with Crippen LogP contribution in [0.2, 0.25) is 0 Å². The molecular formula is C11H15NaO3S. The van der Waals surface area contributed by atoms with Crippen LogP contribution in [0.25, 0.3) is 0 Å². The standard InChI is InChI=1S/C11H16O3S.Na/c1-7(2)9-6-11(15(12)13)8(3)5-10(9)14-4;/h5-7H,1-4H3,(H,12,13);/q;+1/p-1. The molecule has 1 aromatic carbocycles. The maximum Gasteiger partial charge on any atom is 1.00 e. The number of ether oxygens (including phenoxy) is 1. The SMILES string of the molecule is COc1cc(C)c(S(=O)[O-])cc1C(C)C.[Na+]. The van der Waals surface area contributed by atoms with Crippen molar-refractivity contribution < 1.29 is 43.1 Å². The first-order valence-corrected chi connectivity index (χ1v) is 5.82. The van der Waals surface area contributed by atoms with Crippen LogP contribution in [-0.4, -0.2) is 15.9 Å². The second kappa shape index (κ2) is 6.77. The first-order valence-electron chi connectivity index (χ1n) is 4.75. The van der Waals surface area contributed by atoms with Gasteiger partial charge in [-0.1, -0.05) is 13.8 Å². The summed E-state index contributed by atoms with van der Waals surface area (Å²) in [5.74, 6) is 0.986. The Morgan fingerprint density at radius 3 is 2.31 bits per heavy atom. The van der Waals surface area contributed by atoms with E-state index in [2.05, 4.69) is 0 Å². The zero-order valence-electron chi connectivity index (χ0n) is 10.4. The molecule has 0 aromatic heterocycles. The van der Waals surface area contributed by atoms with Crippen LogP contribution >= 0.6 is 0 Å². The molecule has 1 rings (SSSR count). The topological polar surface area (TPSA) is 49.4 Å². The third-order valence-electron chi connectivity index (χ3n) is 2.33. The Bertz CT molecular complexity index is 391. The van der Waals surface area contributed by atoms with E-state index in [9.17, 15) is 8.76 Å². The van der Waals surface area contributed by atoms with Crippen molar-refractivity contribution in [3.8, 4) is 5.75 Å². The molecule has 0 saturated carbocycles. The number of rotatable bonds is 3. The summed E-state index contributed by atoms with van der Waals surface area (Å²) in [6.45, 7) is 5.77. The first kappa shape index (κ1) is 16.1. The number of hydrogen-bond acceptors (Lipinski definition) is 3. The third kappa shape index (κ3) is 3.57. The average Bonchev–Trinajstić information content (AvgIpc) is 2.16. The van der Waals surface area contributed by atoms with Crippen LogP contribution in [0.5, 0.6) is 5.75 Å². The minimum atomic E-state index is -2.18. The fraction of sp³-hybridized carbons (Fsp3) is 0.455. The van der Waals surface area contributed by atoms with Gasteiger partial charge in [-0.2, -0.15) is 0 Å². The molecule has 84 valence electrons. The van der Waals surface area contributed by atoms with Gasteiger partial charge in [-0.3, -0.25) is 4.21 Å². The molecule has 0 spiro atoms. The quantitative estimate of drug-likeness (QED) is 0.530. The van der Waals surface area contributed by atoms with E-state index < -0.39 is 11.1 Å². The summed E-state index contributed by atoms with van der Waals surface area (Å²) >= 11 is -2.18. The van der Waals surface area contributed by atoms with E-state index in [4.69, 9.17) is 4.74 Å². The molecule has 0 aliphatic rings. The summed E-state index contributed by atoms with van der Waals surface area (Å²) in [5, 5.41) is 0. The molecule has 0 saturated heterocycles. The third-order valence-corrected chi connectivity index (χ3v) is 3.13. The van der Waals surface area contributed by atoms with Gasteiger partial charge in [0, 0.05) is 4.90 Å². The van der Waals surface area contributed by atoms with Crippen molar-refractivity contribution in [2.45, 2.75) is 31.6 Å². The molecule has 0 radical (unpaired) electrons. The molecule has 0 amide bonds. The number of aryl methyl sites for hydroxylation is 1. The van der Waals surface area contributed by atoms with E-state index in [0.717, 1.165) is 11.3 Å². The van der Waals surface area contributed by atoms with E-state index in [1.807, 2.05) is 13.8 Å². The molecule has 1 unspecified atom stereocenters. The summed E-state index contributed by atoms with van der Waals surface area (Å²) in [6, 6.07) is 3.45. The maximum absolute atomic E-state index is 11.0. The summed E-state index contributed by atoms with van der Waals surface area (Å²) in [7, 11) is 1.59. The second-order valence-corrected chi connectivity index (χ2v) is 4.66. The smallest absolute Gasteiger partial charge is 0.768 e. The van der Waals surface area contributed by atoms with Gasteiger partial charge in [0.2, 0.25) is 0 Å². The molecule has 3 nitrogen and oxygen atoms in total. The average molecular weight is 250 g/mol. The Kier molecular flexibility index (Phi) is 6.82. The molecule has 5 heteroatoms. The van der Waals surface area contributed by atoms with Crippen LogP contribution in [0.15, 0.2) is 17.0 Å². The van der Waals surface area contributed by atoms with E-state index >= 15 is 0 Å². The van der Waals surface area contributed by atoms with Gasteiger partial charge in [0.25, 0.3) is 0 Å². The maximum atomic E-state index is 11.0. The normalized spacial score (nSPS) is 12.1. The van der Waals surface area contributed by atoms with Crippen molar-refractivity contribution >= 4 is 11.1 Å². The van der Waals surface area contributed by atoms with Crippen molar-refractivity contribution in [2.75, 3.05) is 7.11 Å². The molecule has 16 heavy (non-hydrogen) atoms. The van der Waals surface area contributed by atoms with Gasteiger partial charge in [0.15, 0.2) is 0 Å². The van der Waals surface area contributed by atoms with Crippen LogP contribution in [0.1, 0.15) is 30.9 Å². The van der Waals surface area contributed by atoms with Gasteiger partial charge in [-0.25, -0.2) is 0 Å². The van der Waals surface area contributed by atoms with Gasteiger partial charge < -0.3 is 9.29 Å². The van der Waals surface area contributed by atoms with Crippen molar-refractivity contribution in [3.05, 3.63) is 23.3 Å². The Morgan fingerprint density at radius 1 is 1.38 bits per heavy atom. The molecule has 1 aromatic rings. The summed E-state index contributed by atoms with van der Waals surface area (Å²) in [6.07, 6.45) is 0. The van der Waals surface area contributed by atoms with Gasteiger partial charge in [0.1, 0.15) is 5.75 Å². The van der Waals surface area contributed by atoms with Crippen LogP contribution in [0.3, 0.4) is 0 Å². The largest absolute Gasteiger partial charge is 1.00 e. The van der Waals surface area contributed by atoms with Crippen molar-refractivity contribution in [2.24, 2.45) is 0 Å². The van der Waals surface area contributed by atoms with Crippen LogP contribution in [-0.2, 0) is 11.1 Å². The Morgan fingerprint density at radius 2 is 1.94 bits per heavy atom. The van der Waals surface area contributed by atoms with E-state index in [0.29, 0.717) is 10.5 Å². The van der Waals surface area contributed by atoms with Gasteiger partial charge >= 0.3 is 29.6 Å². The fourth-order valence-corrected chi connectivity index (χ4v) is 2.03. The van der Waals surface area contributed by atoms with E-state index in [-0.39, 0.29) is 35.5 Å². The van der Waals surface area contributed by atoms with Crippen LogP contribution in [0.4, 0.5) is 0 Å². The number of hydrogen-bond donors (Lipinski definition) is 0. The van der Waals surface area contributed by atoms with Crippen molar-refractivity contribution in [1.82, 2.24) is 0 Å². The van der Waals surface area contributed by atoms with E-state index in [1.54, 1.807) is 26.2 Å². The Hall–Kier alpha value is 0.130. The Labute approximate surface area is 121 Å². The molecule has 0 aliphatic carbocycles. The van der Waals surface area contributed by atoms with Crippen LogP contribution < -0.4 is 34.3 Å².